The summed E-state index contributed by atoms with van der Waals surface area (Å²) in [7, 11) is 0. The normalized spacial score (nSPS) is 15.0. The van der Waals surface area contributed by atoms with E-state index in [2.05, 4.69) is 17.1 Å². The molecule has 96 valence electrons. The zero-order valence-electron chi connectivity index (χ0n) is 10.9. The Morgan fingerprint density at radius 2 is 1.47 bits per heavy atom. The average Bonchev–Trinajstić information content (AvgIpc) is 2.33. The molecule has 2 heteroatoms. The van der Waals surface area contributed by atoms with Crippen LogP contribution in [0, 0.1) is 0 Å². The number of piperazine rings is 1. The predicted molar refractivity (Wildman–Crippen MR) is 73.6 cm³/mol. The number of unbranched alkanes of at least 4 members (excludes halogenated alkanes) is 1. The molecule has 1 aliphatic rings. The largest absolute Gasteiger partial charge is 0.314 e. The van der Waals surface area contributed by atoms with Crippen molar-refractivity contribution in [1.82, 2.24) is 10.2 Å². The highest BCUT2D eigenvalue weighted by Crippen LogP contribution is 1.95. The molecule has 0 aromatic rings. The summed E-state index contributed by atoms with van der Waals surface area (Å²) in [5, 5.41) is 3.35. The van der Waals surface area contributed by atoms with Crippen LogP contribution in [0.25, 0.3) is 0 Å². The third-order valence-electron chi connectivity index (χ3n) is 2.04. The smallest absolute Gasteiger partial charge is 0.0107 e. The number of rotatable bonds is 3. The van der Waals surface area contributed by atoms with Crippen LogP contribution >= 0.6 is 0 Å². The van der Waals surface area contributed by atoms with E-state index >= 15 is 0 Å². The van der Waals surface area contributed by atoms with Gasteiger partial charge in [-0.1, -0.05) is 48.5 Å². The molecule has 1 aliphatic heterocycles. The van der Waals surface area contributed by atoms with Gasteiger partial charge in [0.05, 0.1) is 0 Å². The highest BCUT2D eigenvalue weighted by atomic mass is 15.2. The molecule has 0 bridgehead atoms. The third kappa shape index (κ3) is 13.9. The molecule has 1 rings (SSSR count). The van der Waals surface area contributed by atoms with Gasteiger partial charge in [-0.2, -0.15) is 0 Å². The fraction of sp³-hybridized carbons (Fsp3) is 1.00. The monoisotopic (exact) mass is 218 g/mol. The summed E-state index contributed by atoms with van der Waals surface area (Å²) in [5.41, 5.74) is 0. The molecule has 0 spiro atoms. The van der Waals surface area contributed by atoms with Crippen LogP contribution in [0.4, 0.5) is 0 Å². The molecule has 1 fully saturated rings. The summed E-state index contributed by atoms with van der Waals surface area (Å²) in [6.45, 7) is 16.4. The zero-order valence-corrected chi connectivity index (χ0v) is 10.9. The van der Waals surface area contributed by atoms with Crippen molar-refractivity contribution < 1.29 is 0 Å². The lowest BCUT2D eigenvalue weighted by Gasteiger charge is -2.26. The molecule has 1 N–H and O–H groups in total. The molecule has 0 saturated carbocycles. The van der Waals surface area contributed by atoms with Crippen molar-refractivity contribution in [1.29, 1.82) is 0 Å². The van der Waals surface area contributed by atoms with Crippen LogP contribution in [-0.2, 0) is 0 Å². The second kappa shape index (κ2) is 19.5. The Hall–Kier alpha value is -0.0800. The topological polar surface area (TPSA) is 15.3 Å². The van der Waals surface area contributed by atoms with E-state index in [9.17, 15) is 0 Å². The van der Waals surface area contributed by atoms with Gasteiger partial charge in [0.25, 0.3) is 0 Å². The third-order valence-corrected chi connectivity index (χ3v) is 2.04. The van der Waals surface area contributed by atoms with Gasteiger partial charge >= 0.3 is 0 Å². The molecule has 0 atom stereocenters. The molecule has 0 radical (unpaired) electrons. The van der Waals surface area contributed by atoms with E-state index < -0.39 is 0 Å². The molecular formula is C13H34N2. The first-order valence-corrected chi connectivity index (χ1v) is 6.36. The van der Waals surface area contributed by atoms with Crippen molar-refractivity contribution >= 4 is 0 Å². The maximum Gasteiger partial charge on any atom is 0.0107 e. The van der Waals surface area contributed by atoms with Gasteiger partial charge in [0.15, 0.2) is 0 Å². The molecule has 0 aromatic heterocycles. The van der Waals surface area contributed by atoms with Crippen molar-refractivity contribution in [3.8, 4) is 0 Å². The standard InChI is InChI=1S/C8H18N2.2C2H6.CH4/c1-2-3-6-10-7-4-9-5-8-10;2*1-2;/h9H,2-8H2,1H3;2*1-2H3;1H4. The molecule has 1 heterocycles. The molecule has 2 nitrogen and oxygen atoms in total. The van der Waals surface area contributed by atoms with Crippen LogP contribution in [0.3, 0.4) is 0 Å². The molecular weight excluding hydrogens is 184 g/mol. The van der Waals surface area contributed by atoms with Crippen LogP contribution in [0.15, 0.2) is 0 Å². The molecule has 0 aromatic carbocycles. The van der Waals surface area contributed by atoms with Crippen LogP contribution in [0.1, 0.15) is 54.9 Å². The summed E-state index contributed by atoms with van der Waals surface area (Å²) in [6.07, 6.45) is 2.68. The summed E-state index contributed by atoms with van der Waals surface area (Å²) in [4.78, 5) is 2.54. The Labute approximate surface area is 98.4 Å². The highest BCUT2D eigenvalue weighted by molar-refractivity contribution is 4.66. The van der Waals surface area contributed by atoms with E-state index in [1.54, 1.807) is 0 Å². The van der Waals surface area contributed by atoms with E-state index in [4.69, 9.17) is 0 Å². The van der Waals surface area contributed by atoms with E-state index in [1.165, 1.54) is 45.6 Å². The Kier molecular flexibility index (Phi) is 26.4. The lowest BCUT2D eigenvalue weighted by molar-refractivity contribution is 0.238. The molecule has 0 amide bonds. The van der Waals surface area contributed by atoms with Gasteiger partial charge in [-0.25, -0.2) is 0 Å². The van der Waals surface area contributed by atoms with E-state index in [1.807, 2.05) is 27.7 Å². The first kappa shape index (κ1) is 20.3. The van der Waals surface area contributed by atoms with Crippen molar-refractivity contribution in [2.45, 2.75) is 54.9 Å². The number of hydrogen-bond donors (Lipinski definition) is 1. The Morgan fingerprint density at radius 3 is 1.87 bits per heavy atom. The Balaban J connectivity index is -0.000000258. The molecule has 15 heavy (non-hydrogen) atoms. The van der Waals surface area contributed by atoms with Gasteiger partial charge < -0.3 is 10.2 Å². The SMILES string of the molecule is C.CC.CC.CCCCN1CCNCC1. The Morgan fingerprint density at radius 1 is 1.00 bits per heavy atom. The van der Waals surface area contributed by atoms with Gasteiger partial charge in [-0.15, -0.1) is 0 Å². The summed E-state index contributed by atoms with van der Waals surface area (Å²) in [6, 6.07) is 0. The zero-order chi connectivity index (χ0) is 11.2. The maximum absolute atomic E-state index is 3.35. The minimum Gasteiger partial charge on any atom is -0.314 e. The fourth-order valence-electron chi connectivity index (χ4n) is 1.32. The number of nitrogens with one attached hydrogen (secondary N) is 1. The van der Waals surface area contributed by atoms with E-state index in [0.29, 0.717) is 0 Å². The fourth-order valence-corrected chi connectivity index (χ4v) is 1.32. The molecule has 0 unspecified atom stereocenters. The van der Waals surface area contributed by atoms with Crippen molar-refractivity contribution in [3.05, 3.63) is 0 Å². The lowest BCUT2D eigenvalue weighted by Crippen LogP contribution is -2.43. The van der Waals surface area contributed by atoms with Crippen LogP contribution < -0.4 is 5.32 Å². The quantitative estimate of drug-likeness (QED) is 0.781. The van der Waals surface area contributed by atoms with Crippen molar-refractivity contribution in [3.63, 3.8) is 0 Å². The van der Waals surface area contributed by atoms with Crippen molar-refractivity contribution in [2.24, 2.45) is 0 Å². The van der Waals surface area contributed by atoms with E-state index in [-0.39, 0.29) is 7.43 Å². The van der Waals surface area contributed by atoms with Gasteiger partial charge in [0.1, 0.15) is 0 Å². The van der Waals surface area contributed by atoms with Crippen LogP contribution in [0.2, 0.25) is 0 Å². The maximum atomic E-state index is 3.35. The summed E-state index contributed by atoms with van der Waals surface area (Å²) in [5.74, 6) is 0. The van der Waals surface area contributed by atoms with E-state index in [0.717, 1.165) is 0 Å². The minimum atomic E-state index is 0. The number of nitrogens with zero attached hydrogens (tertiary/aromatic N) is 1. The first-order valence-electron chi connectivity index (χ1n) is 6.36. The predicted octanol–water partition coefficient (Wildman–Crippen LogP) is 3.38. The highest BCUT2D eigenvalue weighted by Gasteiger charge is 2.06. The number of hydrogen-bond acceptors (Lipinski definition) is 2. The van der Waals surface area contributed by atoms with Crippen molar-refractivity contribution in [2.75, 3.05) is 32.7 Å². The second-order valence-corrected chi connectivity index (χ2v) is 2.95. The molecule has 1 saturated heterocycles. The Bertz CT molecular complexity index is 78.6. The summed E-state index contributed by atoms with van der Waals surface area (Å²) >= 11 is 0. The first-order chi connectivity index (χ1) is 6.93. The second-order valence-electron chi connectivity index (χ2n) is 2.95. The van der Waals surface area contributed by atoms with Gasteiger partial charge in [0, 0.05) is 26.2 Å². The van der Waals surface area contributed by atoms with Crippen LogP contribution in [-0.4, -0.2) is 37.6 Å². The average molecular weight is 218 g/mol. The molecule has 0 aliphatic carbocycles. The van der Waals surface area contributed by atoms with Gasteiger partial charge in [0.2, 0.25) is 0 Å². The summed E-state index contributed by atoms with van der Waals surface area (Å²) < 4.78 is 0. The van der Waals surface area contributed by atoms with Gasteiger partial charge in [-0.05, 0) is 13.0 Å². The minimum absolute atomic E-state index is 0. The van der Waals surface area contributed by atoms with Gasteiger partial charge in [-0.3, -0.25) is 0 Å². The lowest BCUT2D eigenvalue weighted by atomic mass is 10.3. The van der Waals surface area contributed by atoms with Crippen LogP contribution in [0.5, 0.6) is 0 Å².